The first-order chi connectivity index (χ1) is 9.62. The Labute approximate surface area is 117 Å². The maximum Gasteiger partial charge on any atom is 0.149 e. The van der Waals surface area contributed by atoms with Crippen molar-refractivity contribution in [3.05, 3.63) is 34.9 Å². The molecule has 2 unspecified atom stereocenters. The van der Waals surface area contributed by atoms with Crippen molar-refractivity contribution in [2.75, 3.05) is 19.7 Å². The van der Waals surface area contributed by atoms with Crippen molar-refractivity contribution in [3.8, 4) is 6.07 Å². The van der Waals surface area contributed by atoms with Gasteiger partial charge in [0.05, 0.1) is 12.7 Å². The van der Waals surface area contributed by atoms with Crippen molar-refractivity contribution < 1.29 is 13.5 Å². The molecule has 0 spiro atoms. The lowest BCUT2D eigenvalue weighted by Crippen LogP contribution is -2.46. The van der Waals surface area contributed by atoms with Gasteiger partial charge in [-0.25, -0.2) is 8.78 Å². The van der Waals surface area contributed by atoms with E-state index in [4.69, 9.17) is 10.00 Å². The van der Waals surface area contributed by atoms with Crippen molar-refractivity contribution >= 4 is 0 Å². The lowest BCUT2D eigenvalue weighted by atomic mass is 10.0. The van der Waals surface area contributed by atoms with Crippen LogP contribution in [0.25, 0.3) is 0 Å². The highest BCUT2D eigenvalue weighted by Crippen LogP contribution is 2.29. The van der Waals surface area contributed by atoms with Crippen LogP contribution < -0.4 is 0 Å². The zero-order chi connectivity index (χ0) is 14.7. The molecule has 3 nitrogen and oxygen atoms in total. The maximum absolute atomic E-state index is 14.2. The molecule has 2 rings (SSSR count). The third kappa shape index (κ3) is 2.67. The number of hydrogen-bond donors (Lipinski definition) is 0. The summed E-state index contributed by atoms with van der Waals surface area (Å²) in [6, 6.07) is 4.40. The Morgan fingerprint density at radius 3 is 2.75 bits per heavy atom. The molecule has 2 atom stereocenters. The average molecular weight is 280 g/mol. The first kappa shape index (κ1) is 14.9. The van der Waals surface area contributed by atoms with Crippen molar-refractivity contribution in [3.63, 3.8) is 0 Å². The van der Waals surface area contributed by atoms with Gasteiger partial charge in [-0.1, -0.05) is 19.9 Å². The summed E-state index contributed by atoms with van der Waals surface area (Å²) in [6.45, 7) is 6.07. The molecule has 0 aliphatic carbocycles. The van der Waals surface area contributed by atoms with Crippen LogP contribution in [0.5, 0.6) is 0 Å². The highest BCUT2D eigenvalue weighted by Gasteiger charge is 2.30. The van der Waals surface area contributed by atoms with E-state index in [0.717, 1.165) is 19.0 Å². The zero-order valence-corrected chi connectivity index (χ0v) is 11.7. The SMILES string of the molecule is CCC1COC(c2ccc(F)c(C#N)c2F)CN1CC. The number of likely N-dealkylation sites (N-methyl/N-ethyl adjacent to an activating group) is 1. The van der Waals surface area contributed by atoms with Crippen LogP contribution in [-0.4, -0.2) is 30.6 Å². The third-order valence-corrected chi connectivity index (χ3v) is 3.86. The number of halogens is 2. The molecular formula is C15H18F2N2O. The van der Waals surface area contributed by atoms with Crippen molar-refractivity contribution in [1.82, 2.24) is 4.90 Å². The average Bonchev–Trinajstić information content (AvgIpc) is 2.47. The molecule has 1 aromatic rings. The minimum absolute atomic E-state index is 0.260. The Morgan fingerprint density at radius 2 is 2.15 bits per heavy atom. The molecule has 0 saturated carbocycles. The minimum atomic E-state index is -0.830. The van der Waals surface area contributed by atoms with Gasteiger partial charge in [0.2, 0.25) is 0 Å². The highest BCUT2D eigenvalue weighted by atomic mass is 19.1. The number of ether oxygens (including phenoxy) is 1. The van der Waals surface area contributed by atoms with Gasteiger partial charge in [0.25, 0.3) is 0 Å². The predicted octanol–water partition coefficient (Wildman–Crippen LogP) is 3.01. The molecule has 0 radical (unpaired) electrons. The van der Waals surface area contributed by atoms with Crippen LogP contribution in [0.2, 0.25) is 0 Å². The molecule has 1 fully saturated rings. The smallest absolute Gasteiger partial charge is 0.149 e. The maximum atomic E-state index is 14.2. The summed E-state index contributed by atoms with van der Waals surface area (Å²) < 4.78 is 33.2. The van der Waals surface area contributed by atoms with Crippen molar-refractivity contribution in [2.24, 2.45) is 0 Å². The number of morpholine rings is 1. The van der Waals surface area contributed by atoms with E-state index in [1.54, 1.807) is 6.07 Å². The standard InChI is InChI=1S/C15H18F2N2O/c1-3-10-9-20-14(8-19(10)4-2)11-5-6-13(16)12(7-18)15(11)17/h5-6,10,14H,3-4,8-9H2,1-2H3. The van der Waals surface area contributed by atoms with Crippen LogP contribution in [-0.2, 0) is 4.74 Å². The predicted molar refractivity (Wildman–Crippen MR) is 71.1 cm³/mol. The second-order valence-corrected chi connectivity index (χ2v) is 4.91. The van der Waals surface area contributed by atoms with Gasteiger partial charge in [0.1, 0.15) is 23.3 Å². The van der Waals surface area contributed by atoms with Crippen LogP contribution in [0.15, 0.2) is 12.1 Å². The molecule has 1 saturated heterocycles. The van der Waals surface area contributed by atoms with E-state index in [0.29, 0.717) is 19.2 Å². The second-order valence-electron chi connectivity index (χ2n) is 4.91. The van der Waals surface area contributed by atoms with Crippen molar-refractivity contribution in [1.29, 1.82) is 5.26 Å². The van der Waals surface area contributed by atoms with E-state index in [1.165, 1.54) is 6.07 Å². The fraction of sp³-hybridized carbons (Fsp3) is 0.533. The molecule has 0 aromatic heterocycles. The van der Waals surface area contributed by atoms with Gasteiger partial charge in [-0.15, -0.1) is 0 Å². The Kier molecular flexibility index (Phi) is 4.69. The normalized spacial score (nSPS) is 23.6. The molecule has 108 valence electrons. The van der Waals surface area contributed by atoms with Gasteiger partial charge >= 0.3 is 0 Å². The second kappa shape index (κ2) is 6.29. The first-order valence-corrected chi connectivity index (χ1v) is 6.85. The zero-order valence-electron chi connectivity index (χ0n) is 11.7. The van der Waals surface area contributed by atoms with Crippen LogP contribution in [0.3, 0.4) is 0 Å². The van der Waals surface area contributed by atoms with Gasteiger partial charge in [-0.05, 0) is 19.0 Å². The van der Waals surface area contributed by atoms with E-state index >= 15 is 0 Å². The van der Waals surface area contributed by atoms with E-state index in [2.05, 4.69) is 11.8 Å². The van der Waals surface area contributed by atoms with Gasteiger partial charge < -0.3 is 4.74 Å². The molecular weight excluding hydrogens is 262 g/mol. The molecule has 5 heteroatoms. The van der Waals surface area contributed by atoms with E-state index in [9.17, 15) is 8.78 Å². The molecule has 0 amide bonds. The highest BCUT2D eigenvalue weighted by molar-refractivity contribution is 5.37. The molecule has 1 aliphatic heterocycles. The molecule has 0 bridgehead atoms. The molecule has 1 aromatic carbocycles. The molecule has 1 heterocycles. The molecule has 1 aliphatic rings. The van der Waals surface area contributed by atoms with Crippen LogP contribution >= 0.6 is 0 Å². The van der Waals surface area contributed by atoms with Gasteiger partial charge in [0, 0.05) is 18.2 Å². The summed E-state index contributed by atoms with van der Waals surface area (Å²) in [5, 5.41) is 8.82. The molecule has 0 N–H and O–H groups in total. The first-order valence-electron chi connectivity index (χ1n) is 6.85. The Morgan fingerprint density at radius 1 is 1.40 bits per heavy atom. The summed E-state index contributed by atoms with van der Waals surface area (Å²) in [5.41, 5.74) is -0.275. The monoisotopic (exact) mass is 280 g/mol. The lowest BCUT2D eigenvalue weighted by Gasteiger charge is -2.39. The quantitative estimate of drug-likeness (QED) is 0.854. The number of nitriles is 1. The minimum Gasteiger partial charge on any atom is -0.370 e. The lowest BCUT2D eigenvalue weighted by molar-refractivity contribution is -0.0655. The van der Waals surface area contributed by atoms with Gasteiger partial charge in [-0.3, -0.25) is 4.90 Å². The number of benzene rings is 1. The summed E-state index contributed by atoms with van der Waals surface area (Å²) in [5.74, 6) is -1.63. The summed E-state index contributed by atoms with van der Waals surface area (Å²) in [4.78, 5) is 2.23. The molecule has 20 heavy (non-hydrogen) atoms. The summed E-state index contributed by atoms with van der Waals surface area (Å²) >= 11 is 0. The van der Waals surface area contributed by atoms with E-state index in [1.807, 2.05) is 6.92 Å². The van der Waals surface area contributed by atoms with Crippen LogP contribution in [0, 0.1) is 23.0 Å². The largest absolute Gasteiger partial charge is 0.370 e. The van der Waals surface area contributed by atoms with E-state index in [-0.39, 0.29) is 5.56 Å². The summed E-state index contributed by atoms with van der Waals surface area (Å²) in [7, 11) is 0. The fourth-order valence-corrected chi connectivity index (χ4v) is 2.62. The number of nitrogens with zero attached hydrogens (tertiary/aromatic N) is 2. The Bertz CT molecular complexity index is 527. The van der Waals surface area contributed by atoms with Gasteiger partial charge in [-0.2, -0.15) is 5.26 Å². The van der Waals surface area contributed by atoms with Crippen LogP contribution in [0.4, 0.5) is 8.78 Å². The fourth-order valence-electron chi connectivity index (χ4n) is 2.62. The Balaban J connectivity index is 2.27. The van der Waals surface area contributed by atoms with E-state index < -0.39 is 23.3 Å². The van der Waals surface area contributed by atoms with Crippen molar-refractivity contribution in [2.45, 2.75) is 32.4 Å². The topological polar surface area (TPSA) is 36.3 Å². The third-order valence-electron chi connectivity index (χ3n) is 3.86. The number of hydrogen-bond acceptors (Lipinski definition) is 3. The Hall–Kier alpha value is -1.51. The van der Waals surface area contributed by atoms with Gasteiger partial charge in [0.15, 0.2) is 0 Å². The summed E-state index contributed by atoms with van der Waals surface area (Å²) in [6.07, 6.45) is 0.515. The van der Waals surface area contributed by atoms with Crippen LogP contribution in [0.1, 0.15) is 37.5 Å². The number of rotatable bonds is 3.